The Morgan fingerprint density at radius 2 is 2.11 bits per heavy atom. The maximum absolute atomic E-state index is 11.6. The summed E-state index contributed by atoms with van der Waals surface area (Å²) in [5, 5.41) is 3.24. The molecule has 0 heterocycles. The van der Waals surface area contributed by atoms with E-state index in [1.807, 2.05) is 33.8 Å². The van der Waals surface area contributed by atoms with Crippen LogP contribution in [0.15, 0.2) is 18.2 Å². The van der Waals surface area contributed by atoms with Crippen LogP contribution in [0.3, 0.4) is 0 Å². The van der Waals surface area contributed by atoms with Crippen LogP contribution < -0.4 is 11.1 Å². The lowest BCUT2D eigenvalue weighted by Crippen LogP contribution is -2.27. The summed E-state index contributed by atoms with van der Waals surface area (Å²) < 4.78 is 5.17. The van der Waals surface area contributed by atoms with Crippen molar-refractivity contribution in [1.82, 2.24) is 0 Å². The normalized spacial score (nSPS) is 12.9. The molecule has 1 aromatic rings. The van der Waals surface area contributed by atoms with Gasteiger partial charge in [-0.1, -0.05) is 24.6 Å². The van der Waals surface area contributed by atoms with E-state index < -0.39 is 11.7 Å². The van der Waals surface area contributed by atoms with Crippen molar-refractivity contribution in [1.29, 1.82) is 0 Å². The van der Waals surface area contributed by atoms with Gasteiger partial charge in [-0.15, -0.1) is 0 Å². The number of nitrogens with one attached hydrogen (secondary N) is 1. The van der Waals surface area contributed by atoms with E-state index in [0.717, 1.165) is 5.56 Å². The summed E-state index contributed by atoms with van der Waals surface area (Å²) in [6.45, 7) is 7.96. The molecular formula is C14H21ClN2O2. The average Bonchev–Trinajstić information content (AvgIpc) is 2.25. The Labute approximate surface area is 119 Å². The Bertz CT molecular complexity index is 455. The standard InChI is InChI=1S/C14H21ClN2O2/c1-9(8-16)11-6-5-10(7-12(11)15)17-13(18)19-14(2,3)4/h5-7,9H,8,16H2,1-4H3,(H,17,18). The smallest absolute Gasteiger partial charge is 0.412 e. The molecule has 3 N–H and O–H groups in total. The number of benzene rings is 1. The molecule has 0 saturated heterocycles. The Balaban J connectivity index is 2.76. The van der Waals surface area contributed by atoms with Gasteiger partial charge in [-0.25, -0.2) is 4.79 Å². The quantitative estimate of drug-likeness (QED) is 0.888. The number of hydrogen-bond acceptors (Lipinski definition) is 3. The van der Waals surface area contributed by atoms with E-state index in [2.05, 4.69) is 5.32 Å². The number of anilines is 1. The first kappa shape index (κ1) is 15.8. The third-order valence-electron chi connectivity index (χ3n) is 2.53. The molecule has 0 aromatic heterocycles. The van der Waals surface area contributed by atoms with Crippen molar-refractivity contribution in [3.63, 3.8) is 0 Å². The van der Waals surface area contributed by atoms with Crippen molar-refractivity contribution < 1.29 is 9.53 Å². The lowest BCUT2D eigenvalue weighted by Gasteiger charge is -2.20. The highest BCUT2D eigenvalue weighted by atomic mass is 35.5. The van der Waals surface area contributed by atoms with Crippen LogP contribution in [-0.4, -0.2) is 18.2 Å². The van der Waals surface area contributed by atoms with Gasteiger partial charge in [0.25, 0.3) is 0 Å². The van der Waals surface area contributed by atoms with Gasteiger partial charge in [0, 0.05) is 10.7 Å². The maximum Gasteiger partial charge on any atom is 0.412 e. The number of hydrogen-bond donors (Lipinski definition) is 2. The fraction of sp³-hybridized carbons (Fsp3) is 0.500. The Kier molecular flexibility index (Phi) is 5.20. The van der Waals surface area contributed by atoms with Crippen LogP contribution in [0, 0.1) is 0 Å². The Morgan fingerprint density at radius 3 is 2.58 bits per heavy atom. The van der Waals surface area contributed by atoms with Gasteiger partial charge >= 0.3 is 6.09 Å². The molecule has 4 nitrogen and oxygen atoms in total. The number of carbonyl (C=O) groups is 1. The number of nitrogens with two attached hydrogens (primary N) is 1. The molecule has 0 spiro atoms. The highest BCUT2D eigenvalue weighted by Crippen LogP contribution is 2.27. The summed E-state index contributed by atoms with van der Waals surface area (Å²) in [4.78, 5) is 11.6. The number of rotatable bonds is 3. The van der Waals surface area contributed by atoms with Crippen molar-refractivity contribution in [2.45, 2.75) is 39.2 Å². The zero-order valence-electron chi connectivity index (χ0n) is 11.8. The molecule has 19 heavy (non-hydrogen) atoms. The average molecular weight is 285 g/mol. The highest BCUT2D eigenvalue weighted by molar-refractivity contribution is 6.31. The largest absolute Gasteiger partial charge is 0.444 e. The van der Waals surface area contributed by atoms with Crippen LogP contribution in [0.5, 0.6) is 0 Å². The molecule has 0 radical (unpaired) electrons. The molecule has 0 fully saturated rings. The Morgan fingerprint density at radius 1 is 1.47 bits per heavy atom. The van der Waals surface area contributed by atoms with Crippen LogP contribution in [0.2, 0.25) is 5.02 Å². The fourth-order valence-corrected chi connectivity index (χ4v) is 1.92. The highest BCUT2D eigenvalue weighted by Gasteiger charge is 2.16. The summed E-state index contributed by atoms with van der Waals surface area (Å²) in [6.07, 6.45) is -0.497. The van der Waals surface area contributed by atoms with Gasteiger partial charge in [0.15, 0.2) is 0 Å². The lowest BCUT2D eigenvalue weighted by atomic mass is 10.0. The van der Waals surface area contributed by atoms with Crippen molar-refractivity contribution in [2.24, 2.45) is 5.73 Å². The van der Waals surface area contributed by atoms with Crippen LogP contribution in [0.4, 0.5) is 10.5 Å². The first-order valence-corrected chi connectivity index (χ1v) is 6.60. The fourth-order valence-electron chi connectivity index (χ4n) is 1.55. The van der Waals surface area contributed by atoms with E-state index in [-0.39, 0.29) is 5.92 Å². The molecule has 0 saturated carbocycles. The van der Waals surface area contributed by atoms with Crippen molar-refractivity contribution in [2.75, 3.05) is 11.9 Å². The summed E-state index contributed by atoms with van der Waals surface area (Å²) in [7, 11) is 0. The van der Waals surface area contributed by atoms with Gasteiger partial charge in [0.1, 0.15) is 5.60 Å². The minimum Gasteiger partial charge on any atom is -0.444 e. The number of halogens is 1. The minimum atomic E-state index is -0.526. The second-order valence-electron chi connectivity index (χ2n) is 5.50. The van der Waals surface area contributed by atoms with Crippen LogP contribution in [0.1, 0.15) is 39.2 Å². The molecule has 1 atom stereocenters. The molecule has 1 amide bonds. The van der Waals surface area contributed by atoms with Gasteiger partial charge in [0.05, 0.1) is 0 Å². The van der Waals surface area contributed by atoms with Crippen molar-refractivity contribution in [3.05, 3.63) is 28.8 Å². The zero-order valence-corrected chi connectivity index (χ0v) is 12.5. The van der Waals surface area contributed by atoms with E-state index >= 15 is 0 Å². The maximum atomic E-state index is 11.6. The van der Waals surface area contributed by atoms with E-state index in [9.17, 15) is 4.79 Å². The first-order chi connectivity index (χ1) is 8.73. The third kappa shape index (κ3) is 5.09. The SMILES string of the molecule is CC(CN)c1ccc(NC(=O)OC(C)(C)C)cc1Cl. The number of carbonyl (C=O) groups excluding carboxylic acids is 1. The van der Waals surface area contributed by atoms with E-state index in [4.69, 9.17) is 22.1 Å². The molecule has 0 aliphatic carbocycles. The predicted octanol–water partition coefficient (Wildman–Crippen LogP) is 3.75. The summed E-state index contributed by atoms with van der Waals surface area (Å²) in [5.41, 5.74) is 6.66. The van der Waals surface area contributed by atoms with Gasteiger partial charge in [-0.2, -0.15) is 0 Å². The number of ether oxygens (including phenoxy) is 1. The number of amides is 1. The summed E-state index contributed by atoms with van der Waals surface area (Å²) in [5.74, 6) is 0.183. The van der Waals surface area contributed by atoms with Crippen molar-refractivity contribution >= 4 is 23.4 Å². The molecule has 0 bridgehead atoms. The van der Waals surface area contributed by atoms with Crippen LogP contribution >= 0.6 is 11.6 Å². The van der Waals surface area contributed by atoms with Gasteiger partial charge in [0.2, 0.25) is 0 Å². The zero-order chi connectivity index (χ0) is 14.6. The summed E-state index contributed by atoms with van der Waals surface area (Å²) in [6, 6.07) is 5.36. The molecule has 106 valence electrons. The van der Waals surface area contributed by atoms with Gasteiger partial charge in [-0.3, -0.25) is 5.32 Å². The molecule has 5 heteroatoms. The molecule has 0 aliphatic rings. The first-order valence-electron chi connectivity index (χ1n) is 6.22. The van der Waals surface area contributed by atoms with Crippen LogP contribution in [-0.2, 0) is 4.74 Å². The van der Waals surface area contributed by atoms with Crippen LogP contribution in [0.25, 0.3) is 0 Å². The molecular weight excluding hydrogens is 264 g/mol. The van der Waals surface area contributed by atoms with E-state index in [1.54, 1.807) is 12.1 Å². The monoisotopic (exact) mass is 284 g/mol. The molecule has 1 rings (SSSR count). The lowest BCUT2D eigenvalue weighted by molar-refractivity contribution is 0.0636. The Hall–Kier alpha value is -1.26. The molecule has 0 aliphatic heterocycles. The third-order valence-corrected chi connectivity index (χ3v) is 2.86. The topological polar surface area (TPSA) is 64.3 Å². The van der Waals surface area contributed by atoms with Gasteiger partial charge in [-0.05, 0) is 50.9 Å². The molecule has 1 unspecified atom stereocenters. The van der Waals surface area contributed by atoms with E-state index in [1.165, 1.54) is 0 Å². The van der Waals surface area contributed by atoms with Gasteiger partial charge < -0.3 is 10.5 Å². The van der Waals surface area contributed by atoms with E-state index in [0.29, 0.717) is 17.3 Å². The summed E-state index contributed by atoms with van der Waals surface area (Å²) >= 11 is 6.17. The predicted molar refractivity (Wildman–Crippen MR) is 78.8 cm³/mol. The minimum absolute atomic E-state index is 0.183. The second kappa shape index (κ2) is 6.26. The second-order valence-corrected chi connectivity index (χ2v) is 5.91. The van der Waals surface area contributed by atoms with Crippen molar-refractivity contribution in [3.8, 4) is 0 Å². The molecule has 1 aromatic carbocycles.